The first kappa shape index (κ1) is 21.4. The van der Waals surface area contributed by atoms with Crippen LogP contribution in [0.15, 0.2) is 53.4 Å². The summed E-state index contributed by atoms with van der Waals surface area (Å²) < 4.78 is 29.6. The largest absolute Gasteiger partial charge is 0.497 e. The highest BCUT2D eigenvalue weighted by Gasteiger charge is 2.21. The van der Waals surface area contributed by atoms with Gasteiger partial charge in [0, 0.05) is 6.92 Å². The van der Waals surface area contributed by atoms with Gasteiger partial charge in [0.1, 0.15) is 5.75 Å². The molecule has 0 aromatic heterocycles. The molecule has 150 valence electrons. The number of carbonyl (C=O) groups excluding carboxylic acids is 2. The van der Waals surface area contributed by atoms with Crippen molar-refractivity contribution in [1.82, 2.24) is 5.32 Å². The van der Waals surface area contributed by atoms with E-state index in [9.17, 15) is 18.0 Å². The molecule has 0 saturated carbocycles. The maximum Gasteiger partial charge on any atom is 0.226 e. The van der Waals surface area contributed by atoms with E-state index in [0.29, 0.717) is 5.75 Å². The molecule has 0 spiro atoms. The molecule has 0 saturated heterocycles. The molecule has 2 aromatic rings. The zero-order valence-corrected chi connectivity index (χ0v) is 16.9. The Labute approximate surface area is 165 Å². The van der Waals surface area contributed by atoms with E-state index in [0.717, 1.165) is 5.56 Å². The predicted molar refractivity (Wildman–Crippen MR) is 107 cm³/mol. The van der Waals surface area contributed by atoms with Crippen LogP contribution in [0, 0.1) is 0 Å². The van der Waals surface area contributed by atoms with Gasteiger partial charge < -0.3 is 15.4 Å². The van der Waals surface area contributed by atoms with Crippen LogP contribution in [0.1, 0.15) is 31.9 Å². The number of methoxy groups -OCH3 is 1. The van der Waals surface area contributed by atoms with Crippen LogP contribution < -0.4 is 15.4 Å². The van der Waals surface area contributed by atoms with Crippen LogP contribution in [0.25, 0.3) is 0 Å². The minimum atomic E-state index is -3.48. The molecule has 0 heterocycles. The molecule has 0 fully saturated rings. The zero-order chi connectivity index (χ0) is 20.7. The monoisotopic (exact) mass is 404 g/mol. The predicted octanol–water partition coefficient (Wildman–Crippen LogP) is 2.69. The second kappa shape index (κ2) is 9.36. The van der Waals surface area contributed by atoms with Gasteiger partial charge in [-0.15, -0.1) is 0 Å². The van der Waals surface area contributed by atoms with E-state index in [2.05, 4.69) is 10.6 Å². The Morgan fingerprint density at radius 2 is 1.71 bits per heavy atom. The van der Waals surface area contributed by atoms with Crippen LogP contribution in [-0.2, 0) is 19.4 Å². The van der Waals surface area contributed by atoms with Crippen LogP contribution in [0.5, 0.6) is 5.75 Å². The summed E-state index contributed by atoms with van der Waals surface area (Å²) in [6.07, 6.45) is -0.0492. The summed E-state index contributed by atoms with van der Waals surface area (Å²) in [5, 5.41) is 5.40. The van der Waals surface area contributed by atoms with Crippen molar-refractivity contribution in [3.63, 3.8) is 0 Å². The fourth-order valence-corrected chi connectivity index (χ4v) is 3.77. The highest BCUT2D eigenvalue weighted by molar-refractivity contribution is 7.91. The first-order valence-corrected chi connectivity index (χ1v) is 10.4. The van der Waals surface area contributed by atoms with Gasteiger partial charge in [-0.2, -0.15) is 0 Å². The quantitative estimate of drug-likeness (QED) is 0.704. The van der Waals surface area contributed by atoms with E-state index in [4.69, 9.17) is 4.74 Å². The Kier molecular flexibility index (Phi) is 7.17. The lowest BCUT2D eigenvalue weighted by Crippen LogP contribution is -2.30. The van der Waals surface area contributed by atoms with Gasteiger partial charge in [-0.25, -0.2) is 8.42 Å². The fraction of sp³-hybridized carbons (Fsp3) is 0.300. The molecule has 28 heavy (non-hydrogen) atoms. The number of benzene rings is 2. The first-order chi connectivity index (χ1) is 13.3. The molecule has 0 aliphatic heterocycles. The number of ether oxygens (including phenoxy) is 1. The third-order valence-corrected chi connectivity index (χ3v) is 5.95. The maximum absolute atomic E-state index is 12.6. The summed E-state index contributed by atoms with van der Waals surface area (Å²) in [7, 11) is -1.93. The molecule has 0 aliphatic carbocycles. The minimum absolute atomic E-state index is 0.0492. The number of nitrogens with one attached hydrogen (secondary N) is 2. The second-order valence-corrected chi connectivity index (χ2v) is 8.42. The second-order valence-electron chi connectivity index (χ2n) is 6.18. The summed E-state index contributed by atoms with van der Waals surface area (Å²) in [5.74, 6) is -0.0929. The van der Waals surface area contributed by atoms with Crippen molar-refractivity contribution in [2.24, 2.45) is 0 Å². The summed E-state index contributed by atoms with van der Waals surface area (Å²) in [6.45, 7) is 2.92. The summed E-state index contributed by atoms with van der Waals surface area (Å²) in [4.78, 5) is 24.2. The fourth-order valence-electron chi connectivity index (χ4n) is 2.72. The molecule has 1 unspecified atom stereocenters. The van der Waals surface area contributed by atoms with Gasteiger partial charge in [0.05, 0.1) is 35.9 Å². The number of rotatable bonds is 8. The summed E-state index contributed by atoms with van der Waals surface area (Å²) in [5.41, 5.74) is 0.964. The van der Waals surface area contributed by atoms with E-state index < -0.39 is 21.8 Å². The Morgan fingerprint density at radius 3 is 2.29 bits per heavy atom. The SMILES string of the molecule is CCS(=O)(=O)c1ccccc1NC(=O)CC(NC(C)=O)c1ccc(OC)cc1. The van der Waals surface area contributed by atoms with E-state index >= 15 is 0 Å². The normalized spacial score (nSPS) is 12.1. The number of para-hydroxylation sites is 1. The molecule has 2 amide bonds. The number of sulfone groups is 1. The Hall–Kier alpha value is -2.87. The first-order valence-electron chi connectivity index (χ1n) is 8.79. The third kappa shape index (κ3) is 5.56. The van der Waals surface area contributed by atoms with E-state index in [-0.39, 0.29) is 28.7 Å². The molecule has 2 N–H and O–H groups in total. The molecule has 0 bridgehead atoms. The number of carbonyl (C=O) groups is 2. The van der Waals surface area contributed by atoms with Crippen LogP contribution in [0.2, 0.25) is 0 Å². The van der Waals surface area contributed by atoms with Gasteiger partial charge in [0.25, 0.3) is 0 Å². The lowest BCUT2D eigenvalue weighted by atomic mass is 10.0. The molecule has 8 heteroatoms. The third-order valence-electron chi connectivity index (χ3n) is 4.16. The maximum atomic E-state index is 12.6. The summed E-state index contributed by atoms with van der Waals surface area (Å²) >= 11 is 0. The molecule has 2 rings (SSSR count). The highest BCUT2D eigenvalue weighted by atomic mass is 32.2. The van der Waals surface area contributed by atoms with Gasteiger partial charge >= 0.3 is 0 Å². The lowest BCUT2D eigenvalue weighted by molar-refractivity contribution is -0.120. The minimum Gasteiger partial charge on any atom is -0.497 e. The van der Waals surface area contributed by atoms with E-state index in [1.807, 2.05) is 0 Å². The molecule has 0 aliphatic rings. The van der Waals surface area contributed by atoms with Gasteiger partial charge in [-0.3, -0.25) is 9.59 Å². The van der Waals surface area contributed by atoms with Crippen LogP contribution in [0.4, 0.5) is 5.69 Å². The molecular formula is C20H24N2O5S. The molecule has 7 nitrogen and oxygen atoms in total. The average Bonchev–Trinajstić information content (AvgIpc) is 2.67. The smallest absolute Gasteiger partial charge is 0.226 e. The van der Waals surface area contributed by atoms with Gasteiger partial charge in [0.2, 0.25) is 11.8 Å². The van der Waals surface area contributed by atoms with Crippen molar-refractivity contribution >= 4 is 27.3 Å². The summed E-state index contributed by atoms with van der Waals surface area (Å²) in [6, 6.07) is 12.7. The molecule has 0 radical (unpaired) electrons. The molecule has 1 atom stereocenters. The van der Waals surface area contributed by atoms with Crippen molar-refractivity contribution in [3.8, 4) is 5.75 Å². The van der Waals surface area contributed by atoms with Crippen LogP contribution in [-0.4, -0.2) is 33.1 Å². The lowest BCUT2D eigenvalue weighted by Gasteiger charge is -2.19. The highest BCUT2D eigenvalue weighted by Crippen LogP contribution is 2.24. The van der Waals surface area contributed by atoms with Crippen molar-refractivity contribution in [2.75, 3.05) is 18.2 Å². The van der Waals surface area contributed by atoms with E-state index in [1.165, 1.54) is 13.0 Å². The van der Waals surface area contributed by atoms with Crippen LogP contribution in [0.3, 0.4) is 0 Å². The van der Waals surface area contributed by atoms with E-state index in [1.54, 1.807) is 56.5 Å². The number of amides is 2. The molecule has 2 aromatic carbocycles. The standard InChI is InChI=1S/C20H24N2O5S/c1-4-28(25,26)19-8-6-5-7-17(19)22-20(24)13-18(21-14(2)23)15-9-11-16(27-3)12-10-15/h5-12,18H,4,13H2,1-3H3,(H,21,23)(H,22,24). The number of hydrogen-bond donors (Lipinski definition) is 2. The number of hydrogen-bond acceptors (Lipinski definition) is 5. The van der Waals surface area contributed by atoms with Crippen molar-refractivity contribution in [1.29, 1.82) is 0 Å². The Bertz CT molecular complexity index is 939. The molecular weight excluding hydrogens is 380 g/mol. The zero-order valence-electron chi connectivity index (χ0n) is 16.1. The van der Waals surface area contributed by atoms with Crippen molar-refractivity contribution < 1.29 is 22.7 Å². The van der Waals surface area contributed by atoms with Gasteiger partial charge in [-0.05, 0) is 29.8 Å². The number of anilines is 1. The topological polar surface area (TPSA) is 102 Å². The average molecular weight is 404 g/mol. The van der Waals surface area contributed by atoms with Gasteiger partial charge in [-0.1, -0.05) is 31.2 Å². The van der Waals surface area contributed by atoms with Crippen LogP contribution >= 0.6 is 0 Å². The Balaban J connectivity index is 2.22. The van der Waals surface area contributed by atoms with Crippen molar-refractivity contribution in [2.45, 2.75) is 31.2 Å². The Morgan fingerprint density at radius 1 is 1.07 bits per heavy atom. The van der Waals surface area contributed by atoms with Crippen molar-refractivity contribution in [3.05, 3.63) is 54.1 Å². The van der Waals surface area contributed by atoms with Gasteiger partial charge in [0.15, 0.2) is 9.84 Å².